The van der Waals surface area contributed by atoms with Crippen LogP contribution in [0.5, 0.6) is 0 Å². The van der Waals surface area contributed by atoms with Crippen molar-refractivity contribution in [1.82, 2.24) is 5.32 Å². The van der Waals surface area contributed by atoms with Crippen molar-refractivity contribution in [2.45, 2.75) is 38.3 Å². The van der Waals surface area contributed by atoms with Crippen molar-refractivity contribution in [2.75, 3.05) is 12.0 Å². The molecule has 0 amide bonds. The largest absolute Gasteiger partial charge is 0.309 e. The van der Waals surface area contributed by atoms with Gasteiger partial charge in [0.15, 0.2) is 0 Å². The van der Waals surface area contributed by atoms with Crippen molar-refractivity contribution < 1.29 is 0 Å². The molecule has 0 spiro atoms. The van der Waals surface area contributed by atoms with Crippen LogP contribution in [-0.2, 0) is 6.54 Å². The summed E-state index contributed by atoms with van der Waals surface area (Å²) in [7, 11) is 0. The Hall–Kier alpha value is -0.470. The monoisotopic (exact) mass is 235 g/mol. The topological polar surface area (TPSA) is 12.0 Å². The third-order valence-corrected chi connectivity index (χ3v) is 3.93. The van der Waals surface area contributed by atoms with E-state index in [1.54, 1.807) is 0 Å². The Morgan fingerprint density at radius 3 is 2.56 bits per heavy atom. The van der Waals surface area contributed by atoms with Crippen LogP contribution in [0, 0.1) is 0 Å². The first-order chi connectivity index (χ1) is 7.79. The highest BCUT2D eigenvalue weighted by atomic mass is 32.2. The van der Waals surface area contributed by atoms with E-state index in [9.17, 15) is 0 Å². The van der Waals surface area contributed by atoms with Gasteiger partial charge in [-0.1, -0.05) is 24.3 Å². The number of rotatable bonds is 6. The molecule has 88 valence electrons. The molecule has 16 heavy (non-hydrogen) atoms. The molecule has 0 heterocycles. The molecule has 1 aliphatic carbocycles. The fourth-order valence-electron chi connectivity index (χ4n) is 1.93. The molecule has 1 saturated carbocycles. The first kappa shape index (κ1) is 12.0. The molecule has 1 fully saturated rings. The molecule has 1 aromatic rings. The van der Waals surface area contributed by atoms with Gasteiger partial charge in [0.25, 0.3) is 0 Å². The summed E-state index contributed by atoms with van der Waals surface area (Å²) >= 11 is 1.90. The lowest BCUT2D eigenvalue weighted by atomic mass is 10.1. The summed E-state index contributed by atoms with van der Waals surface area (Å²) in [4.78, 5) is 0. The Morgan fingerprint density at radius 2 is 2.00 bits per heavy atom. The van der Waals surface area contributed by atoms with Crippen molar-refractivity contribution in [1.29, 1.82) is 0 Å². The predicted octanol–water partition coefficient (Wildman–Crippen LogP) is 3.41. The first-order valence-corrected chi connectivity index (χ1v) is 7.50. The molecule has 2 heteroatoms. The summed E-state index contributed by atoms with van der Waals surface area (Å²) in [6, 6.07) is 9.74. The maximum atomic E-state index is 3.54. The zero-order valence-corrected chi connectivity index (χ0v) is 11.0. The highest BCUT2D eigenvalue weighted by Gasteiger charge is 2.22. The fourth-order valence-corrected chi connectivity index (χ4v) is 2.54. The average Bonchev–Trinajstić information content (AvgIpc) is 3.11. The highest BCUT2D eigenvalue weighted by Crippen LogP contribution is 2.39. The van der Waals surface area contributed by atoms with Gasteiger partial charge in [-0.3, -0.25) is 0 Å². The van der Waals surface area contributed by atoms with Crippen molar-refractivity contribution in [3.63, 3.8) is 0 Å². The van der Waals surface area contributed by atoms with Crippen LogP contribution in [0.2, 0.25) is 0 Å². The summed E-state index contributed by atoms with van der Waals surface area (Å²) in [6.07, 6.45) is 4.94. The molecule has 1 atom stereocenters. The van der Waals surface area contributed by atoms with Crippen molar-refractivity contribution in [2.24, 2.45) is 0 Å². The van der Waals surface area contributed by atoms with E-state index in [-0.39, 0.29) is 0 Å². The summed E-state index contributed by atoms with van der Waals surface area (Å²) in [5, 5.41) is 3.54. The summed E-state index contributed by atoms with van der Waals surface area (Å²) in [5.74, 6) is 2.05. The van der Waals surface area contributed by atoms with Crippen molar-refractivity contribution >= 4 is 11.8 Å². The smallest absolute Gasteiger partial charge is 0.0208 e. The van der Waals surface area contributed by atoms with E-state index in [1.807, 2.05) is 11.8 Å². The SMILES string of the molecule is CSCC(C)NCc1ccc(C2CC2)cc1. The van der Waals surface area contributed by atoms with Gasteiger partial charge in [-0.05, 0) is 43.1 Å². The standard InChI is InChI=1S/C14H21NS/c1-11(10-16-2)15-9-12-3-5-13(6-4-12)14-7-8-14/h3-6,11,14-15H,7-10H2,1-2H3. The summed E-state index contributed by atoms with van der Waals surface area (Å²) in [5.41, 5.74) is 2.93. The molecule has 0 aliphatic heterocycles. The van der Waals surface area contributed by atoms with Crippen LogP contribution in [0.15, 0.2) is 24.3 Å². The van der Waals surface area contributed by atoms with Gasteiger partial charge in [0.2, 0.25) is 0 Å². The third kappa shape index (κ3) is 3.53. The molecule has 1 nitrogen and oxygen atoms in total. The number of thioether (sulfide) groups is 1. The molecule has 0 bridgehead atoms. The van der Waals surface area contributed by atoms with Gasteiger partial charge in [0, 0.05) is 18.3 Å². The Bertz CT molecular complexity index is 316. The minimum atomic E-state index is 0.595. The zero-order valence-electron chi connectivity index (χ0n) is 10.2. The van der Waals surface area contributed by atoms with Gasteiger partial charge < -0.3 is 5.32 Å². The Balaban J connectivity index is 1.80. The van der Waals surface area contributed by atoms with Gasteiger partial charge in [-0.25, -0.2) is 0 Å². The zero-order chi connectivity index (χ0) is 11.4. The molecule has 1 aromatic carbocycles. The quantitative estimate of drug-likeness (QED) is 0.811. The van der Waals surface area contributed by atoms with Crippen LogP contribution in [-0.4, -0.2) is 18.1 Å². The van der Waals surface area contributed by atoms with E-state index in [2.05, 4.69) is 42.8 Å². The van der Waals surface area contributed by atoms with Gasteiger partial charge in [0.05, 0.1) is 0 Å². The fraction of sp³-hybridized carbons (Fsp3) is 0.571. The molecule has 0 saturated heterocycles. The Morgan fingerprint density at radius 1 is 1.31 bits per heavy atom. The molecule has 1 N–H and O–H groups in total. The second-order valence-corrected chi connectivity index (χ2v) is 5.66. The maximum absolute atomic E-state index is 3.54. The first-order valence-electron chi connectivity index (χ1n) is 6.10. The van der Waals surface area contributed by atoms with E-state index in [1.165, 1.54) is 29.7 Å². The number of hydrogen-bond acceptors (Lipinski definition) is 2. The van der Waals surface area contributed by atoms with Gasteiger partial charge in [0.1, 0.15) is 0 Å². The van der Waals surface area contributed by atoms with Crippen LogP contribution in [0.3, 0.4) is 0 Å². The lowest BCUT2D eigenvalue weighted by molar-refractivity contribution is 0.596. The molecule has 2 rings (SSSR count). The van der Waals surface area contributed by atoms with Crippen LogP contribution >= 0.6 is 11.8 Å². The second-order valence-electron chi connectivity index (χ2n) is 4.75. The van der Waals surface area contributed by atoms with Gasteiger partial charge >= 0.3 is 0 Å². The van der Waals surface area contributed by atoms with E-state index in [4.69, 9.17) is 0 Å². The number of hydrogen-bond donors (Lipinski definition) is 1. The average molecular weight is 235 g/mol. The Kier molecular flexibility index (Phi) is 4.30. The number of nitrogens with one attached hydrogen (secondary N) is 1. The molecular formula is C14H21NS. The van der Waals surface area contributed by atoms with E-state index < -0.39 is 0 Å². The normalized spacial score (nSPS) is 17.4. The molecule has 1 unspecified atom stereocenters. The number of benzene rings is 1. The maximum Gasteiger partial charge on any atom is 0.0208 e. The minimum Gasteiger partial charge on any atom is -0.309 e. The lowest BCUT2D eigenvalue weighted by Crippen LogP contribution is -2.27. The molecular weight excluding hydrogens is 214 g/mol. The van der Waals surface area contributed by atoms with Crippen LogP contribution in [0.1, 0.15) is 36.8 Å². The van der Waals surface area contributed by atoms with Crippen molar-refractivity contribution in [3.8, 4) is 0 Å². The van der Waals surface area contributed by atoms with Gasteiger partial charge in [-0.2, -0.15) is 11.8 Å². The summed E-state index contributed by atoms with van der Waals surface area (Å²) < 4.78 is 0. The third-order valence-electron chi connectivity index (χ3n) is 3.10. The minimum absolute atomic E-state index is 0.595. The van der Waals surface area contributed by atoms with Crippen LogP contribution in [0.25, 0.3) is 0 Å². The van der Waals surface area contributed by atoms with E-state index in [0.29, 0.717) is 6.04 Å². The lowest BCUT2D eigenvalue weighted by Gasteiger charge is -2.12. The summed E-state index contributed by atoms with van der Waals surface area (Å²) in [6.45, 7) is 3.24. The Labute approximate surface area is 103 Å². The second kappa shape index (κ2) is 5.74. The molecule has 1 aliphatic rings. The molecule has 0 radical (unpaired) electrons. The van der Waals surface area contributed by atoms with E-state index in [0.717, 1.165) is 12.5 Å². The van der Waals surface area contributed by atoms with Gasteiger partial charge in [-0.15, -0.1) is 0 Å². The van der Waals surface area contributed by atoms with Crippen molar-refractivity contribution in [3.05, 3.63) is 35.4 Å². The molecule has 0 aromatic heterocycles. The van der Waals surface area contributed by atoms with Crippen LogP contribution < -0.4 is 5.32 Å². The highest BCUT2D eigenvalue weighted by molar-refractivity contribution is 7.98. The van der Waals surface area contributed by atoms with E-state index >= 15 is 0 Å². The predicted molar refractivity (Wildman–Crippen MR) is 73.1 cm³/mol. The van der Waals surface area contributed by atoms with Crippen LogP contribution in [0.4, 0.5) is 0 Å².